The van der Waals surface area contributed by atoms with Crippen molar-refractivity contribution in [1.29, 1.82) is 0 Å². The van der Waals surface area contributed by atoms with Gasteiger partial charge in [-0.05, 0) is 50.9 Å². The molecule has 0 saturated heterocycles. The van der Waals surface area contributed by atoms with E-state index in [1.54, 1.807) is 0 Å². The Bertz CT molecular complexity index is 797. The van der Waals surface area contributed by atoms with E-state index in [9.17, 15) is 14.4 Å². The molecule has 0 aliphatic heterocycles. The van der Waals surface area contributed by atoms with E-state index in [1.807, 2.05) is 13.8 Å². The van der Waals surface area contributed by atoms with Crippen LogP contribution in [0, 0.1) is 5.92 Å². The molecule has 42 heavy (non-hydrogen) atoms. The van der Waals surface area contributed by atoms with Crippen LogP contribution in [0.3, 0.4) is 0 Å². The van der Waals surface area contributed by atoms with Crippen molar-refractivity contribution in [3.05, 3.63) is 0 Å². The number of nitrogens with two attached hydrogens (primary N) is 4. The summed E-state index contributed by atoms with van der Waals surface area (Å²) in [7, 11) is 0. The molecule has 0 aliphatic carbocycles. The number of guanidine groups is 2. The highest BCUT2D eigenvalue weighted by molar-refractivity contribution is 5.88. The number of carbonyl (C=O) groups is 3. The summed E-state index contributed by atoms with van der Waals surface area (Å²) >= 11 is 0. The summed E-state index contributed by atoms with van der Waals surface area (Å²) in [5.41, 5.74) is 21.3. The van der Waals surface area contributed by atoms with Crippen LogP contribution in [0.5, 0.6) is 0 Å². The summed E-state index contributed by atoms with van der Waals surface area (Å²) in [6.45, 7) is 8.40. The molecule has 3 amide bonds. The van der Waals surface area contributed by atoms with Gasteiger partial charge in [-0.2, -0.15) is 0 Å². The summed E-state index contributed by atoms with van der Waals surface area (Å²) in [5.74, 6) is -0.135. The van der Waals surface area contributed by atoms with E-state index < -0.39 is 6.04 Å². The van der Waals surface area contributed by atoms with Crippen molar-refractivity contribution in [2.75, 3.05) is 32.7 Å². The van der Waals surface area contributed by atoms with Gasteiger partial charge in [0.1, 0.15) is 6.04 Å². The van der Waals surface area contributed by atoms with Crippen LogP contribution >= 0.6 is 0 Å². The van der Waals surface area contributed by atoms with Crippen LogP contribution in [0.15, 0.2) is 9.98 Å². The number of nitrogens with one attached hydrogen (secondary N) is 4. The van der Waals surface area contributed by atoms with Crippen LogP contribution in [0.4, 0.5) is 0 Å². The molecule has 0 aromatic carbocycles. The fraction of sp³-hybridized carbons (Fsp3) is 0.828. The third-order valence-electron chi connectivity index (χ3n) is 6.63. The number of unbranched alkanes of at least 4 members (excludes halogenated alkanes) is 7. The minimum atomic E-state index is -0.625. The summed E-state index contributed by atoms with van der Waals surface area (Å²) in [4.78, 5) is 46.2. The molecule has 0 aliphatic rings. The van der Waals surface area contributed by atoms with Crippen LogP contribution < -0.4 is 44.2 Å². The Balaban J connectivity index is 4.76. The van der Waals surface area contributed by atoms with Gasteiger partial charge in [0.15, 0.2) is 11.9 Å². The van der Waals surface area contributed by atoms with E-state index >= 15 is 0 Å². The molecule has 244 valence electrons. The molecule has 0 bridgehead atoms. The Kier molecular flexibility index (Phi) is 23.7. The van der Waals surface area contributed by atoms with Crippen molar-refractivity contribution < 1.29 is 14.4 Å². The van der Waals surface area contributed by atoms with E-state index in [2.05, 4.69) is 38.2 Å². The van der Waals surface area contributed by atoms with Crippen LogP contribution in [-0.2, 0) is 14.4 Å². The smallest absolute Gasteiger partial charge is 0.242 e. The lowest BCUT2D eigenvalue weighted by Gasteiger charge is -2.22. The molecule has 0 aromatic heterocycles. The monoisotopic (exact) mass is 596 g/mol. The maximum Gasteiger partial charge on any atom is 0.242 e. The average Bonchev–Trinajstić information content (AvgIpc) is 2.91. The minimum Gasteiger partial charge on any atom is -0.370 e. The average molecular weight is 597 g/mol. The van der Waals surface area contributed by atoms with Crippen molar-refractivity contribution in [2.45, 2.75) is 116 Å². The molecule has 0 spiro atoms. The highest BCUT2D eigenvalue weighted by atomic mass is 16.2. The molecular weight excluding hydrogens is 536 g/mol. The fourth-order valence-corrected chi connectivity index (χ4v) is 4.38. The topological polar surface area (TPSA) is 228 Å². The molecule has 0 aromatic rings. The first-order valence-corrected chi connectivity index (χ1v) is 15.7. The molecule has 12 N–H and O–H groups in total. The van der Waals surface area contributed by atoms with Gasteiger partial charge in [-0.25, -0.2) is 0 Å². The van der Waals surface area contributed by atoms with Gasteiger partial charge in [-0.3, -0.25) is 24.4 Å². The second-order valence-corrected chi connectivity index (χ2v) is 11.3. The molecule has 13 heteroatoms. The Morgan fingerprint density at radius 1 is 0.714 bits per heavy atom. The van der Waals surface area contributed by atoms with E-state index in [0.29, 0.717) is 39.0 Å². The maximum absolute atomic E-state index is 12.8. The maximum atomic E-state index is 12.8. The fourth-order valence-electron chi connectivity index (χ4n) is 4.38. The van der Waals surface area contributed by atoms with Crippen LogP contribution in [0.25, 0.3) is 0 Å². The Labute approximate surface area is 253 Å². The number of hydrogen-bond acceptors (Lipinski definition) is 6. The molecule has 0 unspecified atom stereocenters. The van der Waals surface area contributed by atoms with Gasteiger partial charge in [0.25, 0.3) is 0 Å². The van der Waals surface area contributed by atoms with Crippen molar-refractivity contribution in [1.82, 2.24) is 21.3 Å². The number of nitrogens with zero attached hydrogens (tertiary/aromatic N) is 2. The third kappa shape index (κ3) is 24.7. The standard InChI is InChI=1S/C29H60N10O3/c1-4-5-6-7-9-14-23(20-25(40)34-15-10-8-11-17-36-28(30)31)38-21-26(41)39-24(19-22(2)3)27(42)35-16-12-13-18-37-29(32)33/h22-24,38H,4-21H2,1-3H3,(H,34,40)(H,35,42)(H,39,41)(H4,30,31,36)(H4,32,33,37)/t23-,24-/m0/s1. The van der Waals surface area contributed by atoms with Crippen LogP contribution in [0.1, 0.15) is 104 Å². The Hall–Kier alpha value is -3.09. The highest BCUT2D eigenvalue weighted by Crippen LogP contribution is 2.10. The molecule has 13 nitrogen and oxygen atoms in total. The molecule has 0 rings (SSSR count). The summed E-state index contributed by atoms with van der Waals surface area (Å²) in [6, 6.07) is -0.749. The first-order chi connectivity index (χ1) is 20.0. The molecule has 0 saturated carbocycles. The lowest BCUT2D eigenvalue weighted by atomic mass is 10.0. The number of amides is 3. The lowest BCUT2D eigenvalue weighted by Crippen LogP contribution is -2.50. The van der Waals surface area contributed by atoms with E-state index in [0.717, 1.165) is 57.8 Å². The second-order valence-electron chi connectivity index (χ2n) is 11.3. The van der Waals surface area contributed by atoms with Crippen LogP contribution in [0.2, 0.25) is 0 Å². The van der Waals surface area contributed by atoms with Crippen molar-refractivity contribution in [3.8, 4) is 0 Å². The van der Waals surface area contributed by atoms with Crippen molar-refractivity contribution >= 4 is 29.6 Å². The number of hydrogen-bond donors (Lipinski definition) is 8. The highest BCUT2D eigenvalue weighted by Gasteiger charge is 2.22. The lowest BCUT2D eigenvalue weighted by molar-refractivity contribution is -0.129. The van der Waals surface area contributed by atoms with E-state index in [1.165, 1.54) is 12.8 Å². The van der Waals surface area contributed by atoms with Crippen molar-refractivity contribution in [3.63, 3.8) is 0 Å². The molecule has 0 heterocycles. The molecule has 0 fully saturated rings. The van der Waals surface area contributed by atoms with Crippen molar-refractivity contribution in [2.24, 2.45) is 38.8 Å². The molecular formula is C29H60N10O3. The predicted molar refractivity (Wildman–Crippen MR) is 172 cm³/mol. The van der Waals surface area contributed by atoms with Gasteiger partial charge in [0, 0.05) is 38.6 Å². The minimum absolute atomic E-state index is 0.0393. The van der Waals surface area contributed by atoms with Gasteiger partial charge < -0.3 is 44.2 Å². The van der Waals surface area contributed by atoms with Gasteiger partial charge in [0.2, 0.25) is 17.7 Å². The summed E-state index contributed by atoms with van der Waals surface area (Å²) < 4.78 is 0. The molecule has 0 radical (unpaired) electrons. The summed E-state index contributed by atoms with van der Waals surface area (Å²) in [5, 5.41) is 12.0. The first-order valence-electron chi connectivity index (χ1n) is 15.7. The number of rotatable bonds is 26. The van der Waals surface area contributed by atoms with Gasteiger partial charge in [-0.15, -0.1) is 0 Å². The largest absolute Gasteiger partial charge is 0.370 e. The van der Waals surface area contributed by atoms with E-state index in [-0.39, 0.29) is 48.1 Å². The van der Waals surface area contributed by atoms with Gasteiger partial charge in [-0.1, -0.05) is 52.9 Å². The van der Waals surface area contributed by atoms with Crippen LogP contribution in [-0.4, -0.2) is 74.4 Å². The summed E-state index contributed by atoms with van der Waals surface area (Å²) in [6.07, 6.45) is 11.3. The Morgan fingerprint density at radius 3 is 1.90 bits per heavy atom. The van der Waals surface area contributed by atoms with E-state index in [4.69, 9.17) is 22.9 Å². The quantitative estimate of drug-likeness (QED) is 0.0406. The van der Waals surface area contributed by atoms with Gasteiger partial charge >= 0.3 is 0 Å². The third-order valence-corrected chi connectivity index (χ3v) is 6.63. The normalized spacial score (nSPS) is 12.3. The Morgan fingerprint density at radius 2 is 1.29 bits per heavy atom. The second kappa shape index (κ2) is 25.6. The zero-order valence-corrected chi connectivity index (χ0v) is 26.4. The predicted octanol–water partition coefficient (Wildman–Crippen LogP) is 0.956. The SMILES string of the molecule is CCCCCCC[C@@H](CC(=O)NCCCCCN=C(N)N)NCC(=O)N[C@@H](CC(C)C)C(=O)NCCCCN=C(N)N. The number of carbonyl (C=O) groups excluding carboxylic acids is 3. The zero-order chi connectivity index (χ0) is 31.6. The number of aliphatic imine (C=N–C) groups is 2. The van der Waals surface area contributed by atoms with Gasteiger partial charge in [0.05, 0.1) is 6.54 Å². The zero-order valence-electron chi connectivity index (χ0n) is 26.4. The first kappa shape index (κ1) is 38.9. The molecule has 2 atom stereocenters.